The molecule has 10 heteroatoms. The minimum absolute atomic E-state index is 0.0751. The molecule has 0 unspecified atom stereocenters. The highest BCUT2D eigenvalue weighted by Gasteiger charge is 2.37. The molecule has 0 aliphatic carbocycles. The van der Waals surface area contributed by atoms with Gasteiger partial charge >= 0.3 is 0 Å². The number of methoxy groups -OCH3 is 2. The predicted octanol–water partition coefficient (Wildman–Crippen LogP) is 5.05. The molecule has 2 aromatic heterocycles. The van der Waals surface area contributed by atoms with Crippen LogP contribution < -0.4 is 14.4 Å². The standard InChI is InChI=1S/C28H37N5O4Si/c1-28(2,3)38(7,8)37-12-11-33-25(26(34)19-13-21(35-5)15-22(14-19)36-6)10-9-23-27(33)31-24(17-29-23)20-16-30-32(4)18-20/h10,13-18H,9,11-12H2,1-8H3. The number of ether oxygens (including phenoxy) is 2. The normalized spacial score (nSPS) is 13.7. The van der Waals surface area contributed by atoms with Crippen molar-refractivity contribution in [2.24, 2.45) is 7.05 Å². The van der Waals surface area contributed by atoms with Gasteiger partial charge in [-0.3, -0.25) is 14.5 Å². The number of hydrogen-bond acceptors (Lipinski definition) is 8. The van der Waals surface area contributed by atoms with Gasteiger partial charge < -0.3 is 18.8 Å². The van der Waals surface area contributed by atoms with Crippen molar-refractivity contribution in [1.82, 2.24) is 19.7 Å². The molecule has 0 spiro atoms. The Morgan fingerprint density at radius 2 is 1.76 bits per heavy atom. The summed E-state index contributed by atoms with van der Waals surface area (Å²) in [4.78, 5) is 25.5. The van der Waals surface area contributed by atoms with E-state index < -0.39 is 8.32 Å². The number of nitrogens with zero attached hydrogens (tertiary/aromatic N) is 5. The molecule has 38 heavy (non-hydrogen) atoms. The van der Waals surface area contributed by atoms with Gasteiger partial charge in [-0.05, 0) is 30.3 Å². The van der Waals surface area contributed by atoms with Crippen LogP contribution in [-0.4, -0.2) is 61.2 Å². The molecular weight excluding hydrogens is 498 g/mol. The summed E-state index contributed by atoms with van der Waals surface area (Å²) in [6, 6.07) is 5.20. The van der Waals surface area contributed by atoms with E-state index in [-0.39, 0.29) is 10.8 Å². The molecule has 0 fully saturated rings. The van der Waals surface area contributed by atoms with Crippen molar-refractivity contribution >= 4 is 19.9 Å². The van der Waals surface area contributed by atoms with Crippen LogP contribution >= 0.6 is 0 Å². The number of rotatable bonds is 9. The lowest BCUT2D eigenvalue weighted by molar-refractivity contribution is 0.102. The van der Waals surface area contributed by atoms with E-state index in [0.29, 0.717) is 53.8 Å². The molecule has 0 N–H and O–H groups in total. The maximum Gasteiger partial charge on any atom is 0.209 e. The number of carbonyl (C=O) groups is 1. The number of ketones is 1. The van der Waals surface area contributed by atoms with E-state index in [9.17, 15) is 4.79 Å². The van der Waals surface area contributed by atoms with Crippen molar-refractivity contribution in [2.75, 3.05) is 32.3 Å². The highest BCUT2D eigenvalue weighted by atomic mass is 28.4. The van der Waals surface area contributed by atoms with Crippen LogP contribution in [0.3, 0.4) is 0 Å². The zero-order valence-corrected chi connectivity index (χ0v) is 24.5. The number of aromatic nitrogens is 4. The summed E-state index contributed by atoms with van der Waals surface area (Å²) in [5.41, 5.74) is 3.38. The zero-order valence-electron chi connectivity index (χ0n) is 23.5. The van der Waals surface area contributed by atoms with Gasteiger partial charge in [0.2, 0.25) is 5.78 Å². The van der Waals surface area contributed by atoms with Crippen molar-refractivity contribution < 1.29 is 18.7 Å². The fraction of sp³-hybridized carbons (Fsp3) is 0.429. The Kier molecular flexibility index (Phi) is 7.75. The molecule has 0 radical (unpaired) electrons. The van der Waals surface area contributed by atoms with E-state index >= 15 is 0 Å². The number of benzene rings is 1. The quantitative estimate of drug-likeness (QED) is 0.278. The van der Waals surface area contributed by atoms with E-state index in [0.717, 1.165) is 11.3 Å². The average Bonchev–Trinajstić information content (AvgIpc) is 3.33. The lowest BCUT2D eigenvalue weighted by Crippen LogP contribution is -2.43. The predicted molar refractivity (Wildman–Crippen MR) is 150 cm³/mol. The van der Waals surface area contributed by atoms with Crippen LogP contribution in [0.25, 0.3) is 11.3 Å². The van der Waals surface area contributed by atoms with Gasteiger partial charge in [0.15, 0.2) is 14.1 Å². The number of aryl methyl sites for hydroxylation is 1. The number of allylic oxidation sites excluding steroid dienone is 2. The van der Waals surface area contributed by atoms with Crippen LogP contribution in [-0.2, 0) is 17.9 Å². The molecule has 0 saturated heterocycles. The second kappa shape index (κ2) is 10.7. The van der Waals surface area contributed by atoms with Crippen LogP contribution in [0.1, 0.15) is 36.8 Å². The van der Waals surface area contributed by atoms with Crippen LogP contribution in [0, 0.1) is 0 Å². The van der Waals surface area contributed by atoms with Crippen molar-refractivity contribution in [2.45, 2.75) is 45.3 Å². The summed E-state index contributed by atoms with van der Waals surface area (Å²) in [5, 5.41) is 4.34. The van der Waals surface area contributed by atoms with Gasteiger partial charge in [-0.25, -0.2) is 4.98 Å². The Morgan fingerprint density at radius 3 is 2.34 bits per heavy atom. The first-order chi connectivity index (χ1) is 17.9. The summed E-state index contributed by atoms with van der Waals surface area (Å²) < 4.78 is 19.0. The summed E-state index contributed by atoms with van der Waals surface area (Å²) in [5.74, 6) is 1.62. The zero-order chi connectivity index (χ0) is 27.7. The topological polar surface area (TPSA) is 91.6 Å². The number of anilines is 1. The third-order valence-corrected chi connectivity index (χ3v) is 11.8. The van der Waals surface area contributed by atoms with Gasteiger partial charge in [0.25, 0.3) is 0 Å². The maximum atomic E-state index is 13.9. The second-order valence-electron chi connectivity index (χ2n) is 10.9. The van der Waals surface area contributed by atoms with E-state index in [1.165, 1.54) is 0 Å². The lowest BCUT2D eigenvalue weighted by atomic mass is 10.0. The maximum absolute atomic E-state index is 13.9. The van der Waals surface area contributed by atoms with Crippen molar-refractivity contribution in [3.05, 3.63) is 59.8 Å². The van der Waals surface area contributed by atoms with Crippen LogP contribution in [0.5, 0.6) is 11.5 Å². The fourth-order valence-corrected chi connectivity index (χ4v) is 5.05. The highest BCUT2D eigenvalue weighted by molar-refractivity contribution is 6.74. The largest absolute Gasteiger partial charge is 0.497 e. The van der Waals surface area contributed by atoms with Gasteiger partial charge in [0, 0.05) is 43.4 Å². The summed E-state index contributed by atoms with van der Waals surface area (Å²) >= 11 is 0. The molecule has 9 nitrogen and oxygen atoms in total. The summed E-state index contributed by atoms with van der Waals surface area (Å²) in [6.45, 7) is 12.0. The summed E-state index contributed by atoms with van der Waals surface area (Å²) in [6.07, 6.45) is 7.83. The third-order valence-electron chi connectivity index (χ3n) is 7.29. The van der Waals surface area contributed by atoms with Crippen molar-refractivity contribution in [3.63, 3.8) is 0 Å². The lowest BCUT2D eigenvalue weighted by Gasteiger charge is -2.37. The Labute approximate surface area is 225 Å². The molecule has 1 aromatic carbocycles. The minimum atomic E-state index is -1.99. The molecule has 202 valence electrons. The number of Topliss-reactive ketones (excluding diaryl/α,β-unsaturated/α-hetero) is 1. The van der Waals surface area contributed by atoms with Crippen LogP contribution in [0.15, 0.2) is 48.6 Å². The Morgan fingerprint density at radius 1 is 1.08 bits per heavy atom. The molecule has 0 amide bonds. The smallest absolute Gasteiger partial charge is 0.209 e. The first kappa shape index (κ1) is 27.5. The Hall–Kier alpha value is -3.50. The number of fused-ring (bicyclic) bond motifs is 1. The van der Waals surface area contributed by atoms with Gasteiger partial charge in [0.05, 0.1) is 50.3 Å². The SMILES string of the molecule is COc1cc(OC)cc(C(=O)C2=CCc3ncc(-c4cnn(C)c4)nc3N2CCO[Si](C)(C)C(C)(C)C)c1. The van der Waals surface area contributed by atoms with Crippen LogP contribution in [0.2, 0.25) is 18.1 Å². The monoisotopic (exact) mass is 535 g/mol. The molecule has 1 aliphatic heterocycles. The van der Waals surface area contributed by atoms with Crippen molar-refractivity contribution in [1.29, 1.82) is 0 Å². The van der Waals surface area contributed by atoms with Crippen molar-refractivity contribution in [3.8, 4) is 22.8 Å². The molecule has 3 heterocycles. The highest BCUT2D eigenvalue weighted by Crippen LogP contribution is 2.37. The minimum Gasteiger partial charge on any atom is -0.497 e. The second-order valence-corrected chi connectivity index (χ2v) is 15.7. The molecular formula is C28H37N5O4Si. The van der Waals surface area contributed by atoms with Gasteiger partial charge in [-0.2, -0.15) is 5.10 Å². The molecule has 1 aliphatic rings. The van der Waals surface area contributed by atoms with E-state index in [4.69, 9.17) is 23.9 Å². The van der Waals surface area contributed by atoms with E-state index in [1.54, 1.807) is 49.5 Å². The summed E-state index contributed by atoms with van der Waals surface area (Å²) in [7, 11) is 3.01. The molecule has 0 atom stereocenters. The average molecular weight is 536 g/mol. The van der Waals surface area contributed by atoms with Gasteiger partial charge in [-0.15, -0.1) is 0 Å². The van der Waals surface area contributed by atoms with Gasteiger partial charge in [-0.1, -0.05) is 26.8 Å². The fourth-order valence-electron chi connectivity index (χ4n) is 4.01. The molecule has 4 rings (SSSR count). The molecule has 0 bridgehead atoms. The molecule has 3 aromatic rings. The number of carbonyl (C=O) groups excluding carboxylic acids is 1. The van der Waals surface area contributed by atoms with Gasteiger partial charge in [0.1, 0.15) is 11.5 Å². The Balaban J connectivity index is 1.72. The molecule has 0 saturated carbocycles. The Bertz CT molecular complexity index is 1340. The first-order valence-corrected chi connectivity index (χ1v) is 15.6. The third kappa shape index (κ3) is 5.66. The number of hydrogen-bond donors (Lipinski definition) is 0. The first-order valence-electron chi connectivity index (χ1n) is 12.7. The van der Waals surface area contributed by atoms with E-state index in [2.05, 4.69) is 39.0 Å². The van der Waals surface area contributed by atoms with Crippen LogP contribution in [0.4, 0.5) is 5.82 Å². The van der Waals surface area contributed by atoms with E-state index in [1.807, 2.05) is 24.2 Å².